The lowest BCUT2D eigenvalue weighted by Crippen LogP contribution is -2.39. The minimum Gasteiger partial charge on any atom is -0.338 e. The van der Waals surface area contributed by atoms with E-state index in [1.807, 2.05) is 23.1 Å². The highest BCUT2D eigenvalue weighted by Crippen LogP contribution is 2.33. The molecular formula is C19H17FN2OS. The molecule has 3 nitrogen and oxygen atoms in total. The van der Waals surface area contributed by atoms with Gasteiger partial charge < -0.3 is 4.90 Å². The Hall–Kier alpha value is -2.27. The molecule has 0 saturated carbocycles. The zero-order valence-corrected chi connectivity index (χ0v) is 13.9. The van der Waals surface area contributed by atoms with E-state index in [2.05, 4.69) is 6.07 Å². The third-order valence-corrected chi connectivity index (χ3v) is 5.66. The number of nitrogens with zero attached hydrogens (tertiary/aromatic N) is 2. The van der Waals surface area contributed by atoms with Crippen molar-refractivity contribution in [1.29, 1.82) is 0 Å². The number of halogens is 1. The predicted octanol–water partition coefficient (Wildman–Crippen LogP) is 4.46. The average Bonchev–Trinajstić information content (AvgIpc) is 3.06. The number of aromatic nitrogens is 1. The van der Waals surface area contributed by atoms with Crippen molar-refractivity contribution in [1.82, 2.24) is 9.88 Å². The molecule has 2 heterocycles. The van der Waals surface area contributed by atoms with E-state index in [0.717, 1.165) is 29.9 Å². The molecule has 3 aromatic rings. The smallest absolute Gasteiger partial charge is 0.253 e. The van der Waals surface area contributed by atoms with Gasteiger partial charge in [0.15, 0.2) is 0 Å². The third kappa shape index (κ3) is 2.91. The van der Waals surface area contributed by atoms with Crippen molar-refractivity contribution >= 4 is 27.5 Å². The third-order valence-electron chi connectivity index (χ3n) is 4.46. The first-order chi connectivity index (χ1) is 11.7. The monoisotopic (exact) mass is 340 g/mol. The first kappa shape index (κ1) is 15.3. The highest BCUT2D eigenvalue weighted by molar-refractivity contribution is 7.18. The molecular weight excluding hydrogens is 323 g/mol. The molecule has 0 spiro atoms. The maximum absolute atomic E-state index is 13.0. The molecule has 122 valence electrons. The van der Waals surface area contributed by atoms with Gasteiger partial charge >= 0.3 is 0 Å². The topological polar surface area (TPSA) is 33.2 Å². The van der Waals surface area contributed by atoms with Gasteiger partial charge in [-0.05, 0) is 49.2 Å². The summed E-state index contributed by atoms with van der Waals surface area (Å²) in [6, 6.07) is 13.9. The summed E-state index contributed by atoms with van der Waals surface area (Å²) in [6.07, 6.45) is 2.01. The van der Waals surface area contributed by atoms with Crippen molar-refractivity contribution < 1.29 is 9.18 Å². The Kier molecular flexibility index (Phi) is 4.02. The van der Waals surface area contributed by atoms with Crippen LogP contribution >= 0.6 is 11.3 Å². The molecule has 1 aromatic heterocycles. The highest BCUT2D eigenvalue weighted by Gasteiger charge is 2.27. The summed E-state index contributed by atoms with van der Waals surface area (Å²) in [7, 11) is 0. The molecule has 1 atom stereocenters. The van der Waals surface area contributed by atoms with Crippen LogP contribution in [0, 0.1) is 5.82 Å². The lowest BCUT2D eigenvalue weighted by molar-refractivity contribution is 0.0707. The van der Waals surface area contributed by atoms with Gasteiger partial charge in [-0.2, -0.15) is 0 Å². The molecule has 1 amide bonds. The van der Waals surface area contributed by atoms with Gasteiger partial charge in [-0.25, -0.2) is 9.37 Å². The van der Waals surface area contributed by atoms with Crippen molar-refractivity contribution in [3.63, 3.8) is 0 Å². The van der Waals surface area contributed by atoms with E-state index in [4.69, 9.17) is 4.98 Å². The number of amides is 1. The van der Waals surface area contributed by atoms with Crippen molar-refractivity contribution in [3.8, 4) is 0 Å². The highest BCUT2D eigenvalue weighted by atomic mass is 32.1. The number of carbonyl (C=O) groups is 1. The lowest BCUT2D eigenvalue weighted by Gasteiger charge is -2.31. The van der Waals surface area contributed by atoms with Crippen LogP contribution in [0.1, 0.15) is 34.1 Å². The van der Waals surface area contributed by atoms with Crippen LogP contribution in [0.15, 0.2) is 48.5 Å². The van der Waals surface area contributed by atoms with E-state index >= 15 is 0 Å². The van der Waals surface area contributed by atoms with E-state index in [-0.39, 0.29) is 17.6 Å². The lowest BCUT2D eigenvalue weighted by atomic mass is 9.98. The van der Waals surface area contributed by atoms with Crippen molar-refractivity contribution in [2.24, 2.45) is 0 Å². The molecule has 1 unspecified atom stereocenters. The fourth-order valence-electron chi connectivity index (χ4n) is 3.20. The number of likely N-dealkylation sites (tertiary alicyclic amines) is 1. The van der Waals surface area contributed by atoms with E-state index in [9.17, 15) is 9.18 Å². The van der Waals surface area contributed by atoms with Crippen molar-refractivity contribution in [2.45, 2.75) is 18.8 Å². The molecule has 0 N–H and O–H groups in total. The molecule has 0 aliphatic carbocycles. The van der Waals surface area contributed by atoms with Crippen LogP contribution in [-0.4, -0.2) is 28.9 Å². The van der Waals surface area contributed by atoms with Crippen LogP contribution in [-0.2, 0) is 0 Å². The summed E-state index contributed by atoms with van der Waals surface area (Å²) < 4.78 is 14.2. The number of hydrogen-bond acceptors (Lipinski definition) is 3. The number of thiazole rings is 1. The molecule has 1 aliphatic heterocycles. The minimum atomic E-state index is -0.322. The molecule has 4 rings (SSSR count). The van der Waals surface area contributed by atoms with E-state index in [1.54, 1.807) is 23.5 Å². The molecule has 2 aromatic carbocycles. The van der Waals surface area contributed by atoms with Gasteiger partial charge in [0.1, 0.15) is 5.82 Å². The Balaban J connectivity index is 1.54. The number of carbonyl (C=O) groups excluding carboxylic acids is 1. The Morgan fingerprint density at radius 3 is 2.75 bits per heavy atom. The van der Waals surface area contributed by atoms with Crippen molar-refractivity contribution in [3.05, 3.63) is 64.9 Å². The molecule has 1 fully saturated rings. The molecule has 0 radical (unpaired) electrons. The normalized spacial score (nSPS) is 18.0. The average molecular weight is 340 g/mol. The van der Waals surface area contributed by atoms with Gasteiger partial charge in [0, 0.05) is 24.6 Å². The molecule has 0 bridgehead atoms. The van der Waals surface area contributed by atoms with Gasteiger partial charge in [0.25, 0.3) is 5.91 Å². The van der Waals surface area contributed by atoms with Crippen LogP contribution in [0.25, 0.3) is 10.2 Å². The second-order valence-electron chi connectivity index (χ2n) is 6.12. The zero-order chi connectivity index (χ0) is 16.5. The maximum Gasteiger partial charge on any atom is 0.253 e. The Bertz CT molecular complexity index is 841. The second kappa shape index (κ2) is 6.32. The van der Waals surface area contributed by atoms with E-state index in [1.165, 1.54) is 16.8 Å². The summed E-state index contributed by atoms with van der Waals surface area (Å²) >= 11 is 1.72. The summed E-state index contributed by atoms with van der Waals surface area (Å²) in [5, 5.41) is 1.10. The minimum absolute atomic E-state index is 0.0270. The van der Waals surface area contributed by atoms with Crippen LogP contribution in [0.4, 0.5) is 4.39 Å². The van der Waals surface area contributed by atoms with Gasteiger partial charge in [0.2, 0.25) is 0 Å². The van der Waals surface area contributed by atoms with Gasteiger partial charge in [0.05, 0.1) is 15.2 Å². The van der Waals surface area contributed by atoms with Crippen molar-refractivity contribution in [2.75, 3.05) is 13.1 Å². The molecule has 5 heteroatoms. The summed E-state index contributed by atoms with van der Waals surface area (Å²) in [5.41, 5.74) is 1.57. The SMILES string of the molecule is O=C(c1ccc(F)cc1)N1CCCC(c2nc3ccccc3s2)C1. The molecule has 1 saturated heterocycles. The standard InChI is InChI=1S/C19H17FN2OS/c20-15-9-7-13(8-10-15)19(23)22-11-3-4-14(12-22)18-21-16-5-1-2-6-17(16)24-18/h1-2,5-10,14H,3-4,11-12H2. The van der Waals surface area contributed by atoms with Crippen LogP contribution < -0.4 is 0 Å². The first-order valence-corrected chi connectivity index (χ1v) is 8.93. The summed E-state index contributed by atoms with van der Waals surface area (Å²) in [6.45, 7) is 1.42. The van der Waals surface area contributed by atoms with Crippen LogP contribution in [0.5, 0.6) is 0 Å². The van der Waals surface area contributed by atoms with Crippen LogP contribution in [0.2, 0.25) is 0 Å². The number of rotatable bonds is 2. The Labute approximate surface area is 143 Å². The quantitative estimate of drug-likeness (QED) is 0.690. The number of benzene rings is 2. The zero-order valence-electron chi connectivity index (χ0n) is 13.1. The van der Waals surface area contributed by atoms with Gasteiger partial charge in [-0.1, -0.05) is 12.1 Å². The first-order valence-electron chi connectivity index (χ1n) is 8.11. The van der Waals surface area contributed by atoms with E-state index in [0.29, 0.717) is 12.1 Å². The largest absolute Gasteiger partial charge is 0.338 e. The maximum atomic E-state index is 13.0. The number of fused-ring (bicyclic) bond motifs is 1. The van der Waals surface area contributed by atoms with Gasteiger partial charge in [-0.3, -0.25) is 4.79 Å². The Morgan fingerprint density at radius 1 is 1.17 bits per heavy atom. The molecule has 24 heavy (non-hydrogen) atoms. The number of para-hydroxylation sites is 1. The number of piperidine rings is 1. The van der Waals surface area contributed by atoms with Crippen LogP contribution in [0.3, 0.4) is 0 Å². The summed E-state index contributed by atoms with van der Waals surface area (Å²) in [4.78, 5) is 19.3. The molecule has 1 aliphatic rings. The fraction of sp³-hybridized carbons (Fsp3) is 0.263. The summed E-state index contributed by atoms with van der Waals surface area (Å²) in [5.74, 6) is -0.0705. The van der Waals surface area contributed by atoms with E-state index < -0.39 is 0 Å². The van der Waals surface area contributed by atoms with Gasteiger partial charge in [-0.15, -0.1) is 11.3 Å². The fourth-order valence-corrected chi connectivity index (χ4v) is 4.30. The second-order valence-corrected chi connectivity index (χ2v) is 7.18. The Morgan fingerprint density at radius 2 is 1.96 bits per heavy atom. The number of hydrogen-bond donors (Lipinski definition) is 0. The predicted molar refractivity (Wildman–Crippen MR) is 93.9 cm³/mol.